The van der Waals surface area contributed by atoms with Gasteiger partial charge in [0.15, 0.2) is 0 Å². The van der Waals surface area contributed by atoms with Crippen LogP contribution in [0.3, 0.4) is 0 Å². The Balaban J connectivity index is 2.72. The molecular formula is C11H8N2O4. The Morgan fingerprint density at radius 2 is 2.12 bits per heavy atom. The standard InChI is InChI=1S/C11H8N2O4/c1-6-9(11(14)15)5-7-4-8(13(16)17)2-3-10(7)12-6/h2-5H,1H3,(H,14,15). The first-order valence-corrected chi connectivity index (χ1v) is 4.78. The highest BCUT2D eigenvalue weighted by molar-refractivity contribution is 5.94. The molecule has 0 unspecified atom stereocenters. The van der Waals surface area contributed by atoms with Gasteiger partial charge in [-0.3, -0.25) is 15.1 Å². The van der Waals surface area contributed by atoms with Crippen LogP contribution < -0.4 is 0 Å². The Labute approximate surface area is 95.7 Å². The number of benzene rings is 1. The van der Waals surface area contributed by atoms with Gasteiger partial charge in [0.2, 0.25) is 0 Å². The molecule has 6 nitrogen and oxygen atoms in total. The fourth-order valence-electron chi connectivity index (χ4n) is 1.59. The summed E-state index contributed by atoms with van der Waals surface area (Å²) in [6.07, 6.45) is 0. The molecule has 0 bridgehead atoms. The lowest BCUT2D eigenvalue weighted by Gasteiger charge is -2.03. The fourth-order valence-corrected chi connectivity index (χ4v) is 1.59. The Morgan fingerprint density at radius 1 is 1.41 bits per heavy atom. The minimum absolute atomic E-state index is 0.0537. The van der Waals surface area contributed by atoms with Crippen LogP contribution in [0.5, 0.6) is 0 Å². The molecule has 0 fully saturated rings. The highest BCUT2D eigenvalue weighted by Crippen LogP contribution is 2.21. The molecule has 0 saturated heterocycles. The molecule has 6 heteroatoms. The first-order valence-electron chi connectivity index (χ1n) is 4.78. The molecule has 0 aliphatic rings. The van der Waals surface area contributed by atoms with Crippen LogP contribution in [-0.2, 0) is 0 Å². The van der Waals surface area contributed by atoms with E-state index in [1.165, 1.54) is 24.3 Å². The van der Waals surface area contributed by atoms with E-state index < -0.39 is 10.9 Å². The van der Waals surface area contributed by atoms with E-state index in [0.29, 0.717) is 16.6 Å². The molecule has 0 saturated carbocycles. The number of hydrogen-bond donors (Lipinski definition) is 1. The summed E-state index contributed by atoms with van der Waals surface area (Å²) in [6.45, 7) is 1.59. The molecule has 0 aliphatic heterocycles. The third-order valence-corrected chi connectivity index (χ3v) is 2.43. The predicted octanol–water partition coefficient (Wildman–Crippen LogP) is 2.15. The molecule has 0 amide bonds. The Kier molecular flexibility index (Phi) is 2.47. The first-order chi connectivity index (χ1) is 7.99. The molecule has 0 spiro atoms. The second-order valence-electron chi connectivity index (χ2n) is 3.56. The maximum atomic E-state index is 10.9. The van der Waals surface area contributed by atoms with Crippen LogP contribution in [0, 0.1) is 17.0 Å². The number of aromatic nitrogens is 1. The lowest BCUT2D eigenvalue weighted by molar-refractivity contribution is -0.384. The third kappa shape index (κ3) is 1.92. The maximum absolute atomic E-state index is 10.9. The Morgan fingerprint density at radius 3 is 2.71 bits per heavy atom. The number of hydrogen-bond acceptors (Lipinski definition) is 4. The van der Waals surface area contributed by atoms with Crippen LogP contribution in [0.2, 0.25) is 0 Å². The SMILES string of the molecule is Cc1nc2ccc([N+](=O)[O-])cc2cc1C(=O)O. The van der Waals surface area contributed by atoms with Gasteiger partial charge in [-0.25, -0.2) is 4.79 Å². The fraction of sp³-hybridized carbons (Fsp3) is 0.0909. The molecule has 0 aliphatic carbocycles. The van der Waals surface area contributed by atoms with Gasteiger partial charge in [0, 0.05) is 17.5 Å². The Bertz CT molecular complexity index is 637. The van der Waals surface area contributed by atoms with E-state index in [1.807, 2.05) is 0 Å². The van der Waals surface area contributed by atoms with Crippen LogP contribution >= 0.6 is 0 Å². The summed E-state index contributed by atoms with van der Waals surface area (Å²) in [6, 6.07) is 5.56. The van der Waals surface area contributed by atoms with Crippen molar-refractivity contribution in [2.24, 2.45) is 0 Å². The molecule has 86 valence electrons. The van der Waals surface area contributed by atoms with E-state index in [1.54, 1.807) is 6.92 Å². The zero-order valence-electron chi connectivity index (χ0n) is 8.88. The van der Waals surface area contributed by atoms with Crippen molar-refractivity contribution in [1.82, 2.24) is 4.98 Å². The summed E-state index contributed by atoms with van der Waals surface area (Å²) in [5, 5.41) is 20.0. The number of carboxylic acid groups (broad SMARTS) is 1. The number of rotatable bonds is 2. The van der Waals surface area contributed by atoms with Crippen molar-refractivity contribution in [2.45, 2.75) is 6.92 Å². The maximum Gasteiger partial charge on any atom is 0.337 e. The number of nitro benzene ring substituents is 1. The molecule has 0 atom stereocenters. The number of non-ortho nitro benzene ring substituents is 1. The van der Waals surface area contributed by atoms with E-state index >= 15 is 0 Å². The lowest BCUT2D eigenvalue weighted by Crippen LogP contribution is -2.02. The smallest absolute Gasteiger partial charge is 0.337 e. The van der Waals surface area contributed by atoms with Crippen LogP contribution in [0.1, 0.15) is 16.1 Å². The monoisotopic (exact) mass is 232 g/mol. The minimum Gasteiger partial charge on any atom is -0.478 e. The van der Waals surface area contributed by atoms with Crippen LogP contribution in [-0.4, -0.2) is 21.0 Å². The zero-order valence-corrected chi connectivity index (χ0v) is 8.88. The number of carbonyl (C=O) groups is 1. The summed E-state index contributed by atoms with van der Waals surface area (Å²) in [4.78, 5) is 25.1. The van der Waals surface area contributed by atoms with Crippen LogP contribution in [0.4, 0.5) is 5.69 Å². The average molecular weight is 232 g/mol. The molecule has 17 heavy (non-hydrogen) atoms. The molecule has 1 aromatic heterocycles. The van der Waals surface area contributed by atoms with Gasteiger partial charge < -0.3 is 5.11 Å². The summed E-state index contributed by atoms with van der Waals surface area (Å²) in [5.41, 5.74) is 0.898. The number of nitrogens with zero attached hydrogens (tertiary/aromatic N) is 2. The summed E-state index contributed by atoms with van der Waals surface area (Å²) in [5.74, 6) is -1.09. The predicted molar refractivity (Wildman–Crippen MR) is 60.1 cm³/mol. The number of pyridine rings is 1. The van der Waals surface area contributed by atoms with Gasteiger partial charge >= 0.3 is 5.97 Å². The number of fused-ring (bicyclic) bond motifs is 1. The number of carboxylic acids is 1. The molecular weight excluding hydrogens is 224 g/mol. The second-order valence-corrected chi connectivity index (χ2v) is 3.56. The minimum atomic E-state index is -1.09. The normalized spacial score (nSPS) is 10.4. The number of aromatic carboxylic acids is 1. The van der Waals surface area contributed by atoms with Gasteiger partial charge in [-0.05, 0) is 19.1 Å². The van der Waals surface area contributed by atoms with E-state index in [2.05, 4.69) is 4.98 Å². The largest absolute Gasteiger partial charge is 0.478 e. The number of nitro groups is 1. The highest BCUT2D eigenvalue weighted by Gasteiger charge is 2.12. The molecule has 2 rings (SSSR count). The third-order valence-electron chi connectivity index (χ3n) is 2.43. The molecule has 1 heterocycles. The van der Waals surface area contributed by atoms with Gasteiger partial charge in [-0.15, -0.1) is 0 Å². The van der Waals surface area contributed by atoms with Crippen molar-refractivity contribution in [2.75, 3.05) is 0 Å². The molecule has 0 radical (unpaired) electrons. The van der Waals surface area contributed by atoms with Gasteiger partial charge in [0.05, 0.1) is 21.7 Å². The summed E-state index contributed by atoms with van der Waals surface area (Å²) >= 11 is 0. The van der Waals surface area contributed by atoms with E-state index in [-0.39, 0.29) is 11.3 Å². The van der Waals surface area contributed by atoms with Crippen molar-refractivity contribution >= 4 is 22.6 Å². The van der Waals surface area contributed by atoms with Crippen LogP contribution in [0.15, 0.2) is 24.3 Å². The zero-order chi connectivity index (χ0) is 12.6. The first kappa shape index (κ1) is 11.0. The van der Waals surface area contributed by atoms with Gasteiger partial charge in [0.1, 0.15) is 0 Å². The highest BCUT2D eigenvalue weighted by atomic mass is 16.6. The lowest BCUT2D eigenvalue weighted by atomic mass is 10.1. The van der Waals surface area contributed by atoms with E-state index in [4.69, 9.17) is 5.11 Å². The quantitative estimate of drug-likeness (QED) is 0.632. The summed E-state index contributed by atoms with van der Waals surface area (Å²) in [7, 11) is 0. The number of aryl methyl sites for hydroxylation is 1. The van der Waals surface area contributed by atoms with Crippen molar-refractivity contribution in [3.8, 4) is 0 Å². The van der Waals surface area contributed by atoms with Crippen molar-refractivity contribution < 1.29 is 14.8 Å². The van der Waals surface area contributed by atoms with Gasteiger partial charge in [0.25, 0.3) is 5.69 Å². The van der Waals surface area contributed by atoms with Crippen molar-refractivity contribution in [3.63, 3.8) is 0 Å². The molecule has 1 aromatic carbocycles. The van der Waals surface area contributed by atoms with E-state index in [9.17, 15) is 14.9 Å². The van der Waals surface area contributed by atoms with E-state index in [0.717, 1.165) is 0 Å². The average Bonchev–Trinajstić information content (AvgIpc) is 2.27. The molecule has 2 aromatic rings. The van der Waals surface area contributed by atoms with Gasteiger partial charge in [-0.2, -0.15) is 0 Å². The van der Waals surface area contributed by atoms with Crippen molar-refractivity contribution in [3.05, 3.63) is 45.6 Å². The van der Waals surface area contributed by atoms with Crippen LogP contribution in [0.25, 0.3) is 10.9 Å². The Hall–Kier alpha value is -2.50. The summed E-state index contributed by atoms with van der Waals surface area (Å²) < 4.78 is 0. The molecule has 1 N–H and O–H groups in total. The van der Waals surface area contributed by atoms with Crippen molar-refractivity contribution in [1.29, 1.82) is 0 Å². The van der Waals surface area contributed by atoms with Gasteiger partial charge in [-0.1, -0.05) is 0 Å². The second kappa shape index (κ2) is 3.82. The topological polar surface area (TPSA) is 93.3 Å².